The van der Waals surface area contributed by atoms with Crippen LogP contribution in [0.5, 0.6) is 5.75 Å². The fourth-order valence-electron chi connectivity index (χ4n) is 1.66. The van der Waals surface area contributed by atoms with Crippen molar-refractivity contribution in [2.75, 3.05) is 7.11 Å². The van der Waals surface area contributed by atoms with Crippen LogP contribution in [0.25, 0.3) is 11.3 Å². The van der Waals surface area contributed by atoms with Gasteiger partial charge in [-0.25, -0.2) is 9.97 Å². The number of rotatable bonds is 2. The van der Waals surface area contributed by atoms with Crippen molar-refractivity contribution in [3.05, 3.63) is 40.8 Å². The average Bonchev–Trinajstić information content (AvgIpc) is 2.41. The number of nitrogens with zero attached hydrogens (tertiary/aromatic N) is 3. The second-order valence-corrected chi connectivity index (χ2v) is 4.02. The van der Waals surface area contributed by atoms with E-state index in [1.165, 1.54) is 6.33 Å². The Morgan fingerprint density at radius 1 is 1.33 bits per heavy atom. The first-order valence-electron chi connectivity index (χ1n) is 5.23. The number of aromatic nitrogens is 2. The molecule has 1 aromatic heterocycles. The maximum atomic E-state index is 8.95. The van der Waals surface area contributed by atoms with Crippen LogP contribution in [0.15, 0.2) is 24.5 Å². The molecule has 1 heterocycles. The molecule has 1 aromatic carbocycles. The van der Waals surface area contributed by atoms with Crippen molar-refractivity contribution in [1.29, 1.82) is 5.26 Å². The molecule has 18 heavy (non-hydrogen) atoms. The summed E-state index contributed by atoms with van der Waals surface area (Å²) in [5, 5.41) is 9.34. The molecule has 0 bridgehead atoms. The van der Waals surface area contributed by atoms with Gasteiger partial charge in [0.05, 0.1) is 24.4 Å². The molecule has 5 heteroatoms. The van der Waals surface area contributed by atoms with Gasteiger partial charge in [0.2, 0.25) is 0 Å². The van der Waals surface area contributed by atoms with E-state index in [0.717, 1.165) is 11.1 Å². The van der Waals surface area contributed by atoms with Gasteiger partial charge in [-0.2, -0.15) is 5.26 Å². The molecule has 0 N–H and O–H groups in total. The third-order valence-corrected chi connectivity index (χ3v) is 2.99. The molecule has 0 aliphatic carbocycles. The molecular weight excluding hydrogens is 250 g/mol. The summed E-state index contributed by atoms with van der Waals surface area (Å²) in [5.41, 5.74) is 2.70. The summed E-state index contributed by atoms with van der Waals surface area (Å²) >= 11 is 5.98. The number of nitriles is 1. The van der Waals surface area contributed by atoms with E-state index in [2.05, 4.69) is 16.0 Å². The lowest BCUT2D eigenvalue weighted by molar-refractivity contribution is 0.416. The maximum Gasteiger partial charge on any atom is 0.135 e. The van der Waals surface area contributed by atoms with Crippen molar-refractivity contribution in [3.63, 3.8) is 0 Å². The molecule has 0 atom stereocenters. The summed E-state index contributed by atoms with van der Waals surface area (Å²) in [4.78, 5) is 8.12. The van der Waals surface area contributed by atoms with E-state index in [1.54, 1.807) is 25.3 Å². The zero-order chi connectivity index (χ0) is 13.1. The van der Waals surface area contributed by atoms with Gasteiger partial charge in [-0.05, 0) is 25.1 Å². The lowest BCUT2D eigenvalue weighted by atomic mass is 10.0. The van der Waals surface area contributed by atoms with Gasteiger partial charge in [-0.3, -0.25) is 0 Å². The first-order chi connectivity index (χ1) is 8.67. The zero-order valence-corrected chi connectivity index (χ0v) is 10.7. The summed E-state index contributed by atoms with van der Waals surface area (Å²) in [6.07, 6.45) is 1.39. The smallest absolute Gasteiger partial charge is 0.135 e. The van der Waals surface area contributed by atoms with Crippen molar-refractivity contribution in [1.82, 2.24) is 9.97 Å². The van der Waals surface area contributed by atoms with Gasteiger partial charge in [0, 0.05) is 11.1 Å². The van der Waals surface area contributed by atoms with Crippen LogP contribution >= 0.6 is 11.6 Å². The number of hydrogen-bond donors (Lipinski definition) is 0. The number of ether oxygens (including phenoxy) is 1. The Morgan fingerprint density at radius 2 is 2.11 bits per heavy atom. The van der Waals surface area contributed by atoms with Crippen LogP contribution in [0, 0.1) is 18.3 Å². The molecule has 0 radical (unpaired) electrons. The molecule has 4 nitrogen and oxygen atoms in total. The monoisotopic (exact) mass is 259 g/mol. The van der Waals surface area contributed by atoms with Crippen LogP contribution in [-0.4, -0.2) is 17.1 Å². The Morgan fingerprint density at radius 3 is 2.78 bits per heavy atom. The molecule has 0 amide bonds. The average molecular weight is 260 g/mol. The van der Waals surface area contributed by atoms with Crippen LogP contribution in [0.2, 0.25) is 5.15 Å². The minimum Gasteiger partial charge on any atom is -0.496 e. The first kappa shape index (κ1) is 12.3. The lowest BCUT2D eigenvalue weighted by Crippen LogP contribution is -1.95. The summed E-state index contributed by atoms with van der Waals surface area (Å²) in [6.45, 7) is 1.83. The van der Waals surface area contributed by atoms with E-state index in [0.29, 0.717) is 22.2 Å². The number of methoxy groups -OCH3 is 1. The van der Waals surface area contributed by atoms with E-state index in [9.17, 15) is 0 Å². The normalized spacial score (nSPS) is 9.89. The fourth-order valence-corrected chi connectivity index (χ4v) is 1.80. The highest BCUT2D eigenvalue weighted by molar-refractivity contribution is 6.30. The van der Waals surface area contributed by atoms with E-state index in [1.807, 2.05) is 6.92 Å². The zero-order valence-electron chi connectivity index (χ0n) is 9.94. The minimum atomic E-state index is 0.393. The molecule has 0 saturated heterocycles. The minimum absolute atomic E-state index is 0.393. The standard InChI is InChI=1S/C13H10ClN3O/c1-8-12(16-7-17-13(8)14)10-5-9(6-15)3-4-11(10)18-2/h3-5,7H,1-2H3. The number of halogens is 1. The molecule has 0 spiro atoms. The van der Waals surface area contributed by atoms with Gasteiger partial charge in [0.15, 0.2) is 0 Å². The molecule has 0 aliphatic heterocycles. The third kappa shape index (κ3) is 2.13. The Hall–Kier alpha value is -2.12. The van der Waals surface area contributed by atoms with Crippen molar-refractivity contribution in [2.24, 2.45) is 0 Å². The van der Waals surface area contributed by atoms with Gasteiger partial charge in [0.1, 0.15) is 17.2 Å². The second kappa shape index (κ2) is 5.03. The van der Waals surface area contributed by atoms with Crippen molar-refractivity contribution in [3.8, 4) is 23.1 Å². The summed E-state index contributed by atoms with van der Waals surface area (Å²) in [6, 6.07) is 7.25. The predicted molar refractivity (Wildman–Crippen MR) is 68.5 cm³/mol. The van der Waals surface area contributed by atoms with Gasteiger partial charge in [0.25, 0.3) is 0 Å². The molecule has 0 aliphatic rings. The molecule has 0 unspecified atom stereocenters. The van der Waals surface area contributed by atoms with Crippen molar-refractivity contribution < 1.29 is 4.74 Å². The molecule has 0 fully saturated rings. The Bertz CT molecular complexity index is 635. The number of hydrogen-bond acceptors (Lipinski definition) is 4. The van der Waals surface area contributed by atoms with E-state index >= 15 is 0 Å². The quantitative estimate of drug-likeness (QED) is 0.778. The van der Waals surface area contributed by atoms with Gasteiger partial charge in [-0.15, -0.1) is 0 Å². The first-order valence-corrected chi connectivity index (χ1v) is 5.60. The Labute approximate surface area is 110 Å². The highest BCUT2D eigenvalue weighted by Crippen LogP contribution is 2.32. The van der Waals surface area contributed by atoms with Crippen molar-refractivity contribution >= 4 is 11.6 Å². The van der Waals surface area contributed by atoms with Gasteiger partial charge < -0.3 is 4.74 Å². The molecule has 2 rings (SSSR count). The summed E-state index contributed by atoms with van der Waals surface area (Å²) < 4.78 is 5.28. The van der Waals surface area contributed by atoms with Crippen molar-refractivity contribution in [2.45, 2.75) is 6.92 Å². The molecule has 90 valence electrons. The maximum absolute atomic E-state index is 8.95. The number of benzene rings is 1. The van der Waals surface area contributed by atoms with Crippen LogP contribution in [0.1, 0.15) is 11.1 Å². The van der Waals surface area contributed by atoms with E-state index in [-0.39, 0.29) is 0 Å². The summed E-state index contributed by atoms with van der Waals surface area (Å²) in [5.74, 6) is 0.645. The lowest BCUT2D eigenvalue weighted by Gasteiger charge is -2.10. The summed E-state index contributed by atoms with van der Waals surface area (Å²) in [7, 11) is 1.57. The van der Waals surface area contributed by atoms with Gasteiger partial charge >= 0.3 is 0 Å². The molecule has 0 saturated carbocycles. The Kier molecular flexibility index (Phi) is 3.45. The predicted octanol–water partition coefficient (Wildman–Crippen LogP) is 2.99. The molecular formula is C13H10ClN3O. The van der Waals surface area contributed by atoms with Crippen LogP contribution < -0.4 is 4.74 Å². The highest BCUT2D eigenvalue weighted by atomic mass is 35.5. The second-order valence-electron chi connectivity index (χ2n) is 3.66. The molecule has 2 aromatic rings. The Balaban J connectivity index is 2.69. The van der Waals surface area contributed by atoms with Crippen LogP contribution in [-0.2, 0) is 0 Å². The van der Waals surface area contributed by atoms with Gasteiger partial charge in [-0.1, -0.05) is 11.6 Å². The largest absolute Gasteiger partial charge is 0.496 e. The topological polar surface area (TPSA) is 58.8 Å². The van der Waals surface area contributed by atoms with Crippen LogP contribution in [0.3, 0.4) is 0 Å². The SMILES string of the molecule is COc1ccc(C#N)cc1-c1ncnc(Cl)c1C. The highest BCUT2D eigenvalue weighted by Gasteiger charge is 2.13. The van der Waals surface area contributed by atoms with Crippen LogP contribution in [0.4, 0.5) is 0 Å². The van der Waals surface area contributed by atoms with E-state index < -0.39 is 0 Å². The fraction of sp³-hybridized carbons (Fsp3) is 0.154. The van der Waals surface area contributed by atoms with E-state index in [4.69, 9.17) is 21.6 Å². The third-order valence-electron chi connectivity index (χ3n) is 2.61.